The molecule has 0 radical (unpaired) electrons. The summed E-state index contributed by atoms with van der Waals surface area (Å²) in [5.41, 5.74) is 2.79. The minimum absolute atomic E-state index is 0.0128. The topological polar surface area (TPSA) is 35.6 Å². The third-order valence-corrected chi connectivity index (χ3v) is 5.70. The third kappa shape index (κ3) is 3.10. The van der Waals surface area contributed by atoms with Crippen LogP contribution in [0.15, 0.2) is 89.3 Å². The van der Waals surface area contributed by atoms with E-state index in [9.17, 15) is 4.79 Å². The first kappa shape index (κ1) is 16.8. The molecule has 5 heteroatoms. The maximum atomic E-state index is 12.9. The highest BCUT2D eigenvalue weighted by Gasteiger charge is 2.10. The standard InChI is InChI=1S/C23H18N2O2S/c26-23-22-13-18-8-9-19(27-16-17-5-2-1-3-6-17)14-21(18)25(22)11-10-24(23)15-20-7-4-12-28-20/h1-14H,15-16H2. The van der Waals surface area contributed by atoms with E-state index in [2.05, 4.69) is 0 Å². The summed E-state index contributed by atoms with van der Waals surface area (Å²) in [6.07, 6.45) is 3.81. The van der Waals surface area contributed by atoms with Crippen molar-refractivity contribution < 1.29 is 4.74 Å². The van der Waals surface area contributed by atoms with Gasteiger partial charge < -0.3 is 13.7 Å². The fourth-order valence-electron chi connectivity index (χ4n) is 3.41. The van der Waals surface area contributed by atoms with E-state index in [0.29, 0.717) is 18.7 Å². The Kier molecular flexibility index (Phi) is 4.22. The van der Waals surface area contributed by atoms with E-state index in [1.807, 2.05) is 88.9 Å². The average molecular weight is 386 g/mol. The van der Waals surface area contributed by atoms with Crippen LogP contribution in [0.2, 0.25) is 0 Å². The van der Waals surface area contributed by atoms with Gasteiger partial charge in [0.05, 0.1) is 12.1 Å². The van der Waals surface area contributed by atoms with E-state index in [-0.39, 0.29) is 5.56 Å². The first-order valence-electron chi connectivity index (χ1n) is 9.11. The Balaban J connectivity index is 1.49. The van der Waals surface area contributed by atoms with Crippen molar-refractivity contribution in [3.05, 3.63) is 105 Å². The van der Waals surface area contributed by atoms with Gasteiger partial charge in [-0.3, -0.25) is 4.79 Å². The van der Waals surface area contributed by atoms with Crippen molar-refractivity contribution in [2.75, 3.05) is 0 Å². The Morgan fingerprint density at radius 2 is 1.79 bits per heavy atom. The largest absolute Gasteiger partial charge is 0.489 e. The van der Waals surface area contributed by atoms with E-state index < -0.39 is 0 Å². The predicted molar refractivity (Wildman–Crippen MR) is 113 cm³/mol. The number of aromatic nitrogens is 2. The van der Waals surface area contributed by atoms with Gasteiger partial charge in [-0.1, -0.05) is 36.4 Å². The minimum atomic E-state index is 0.0128. The molecule has 0 saturated carbocycles. The molecule has 0 saturated heterocycles. The van der Waals surface area contributed by atoms with E-state index in [1.54, 1.807) is 15.9 Å². The second kappa shape index (κ2) is 7.02. The number of ether oxygens (including phenoxy) is 1. The Bertz CT molecular complexity index is 1300. The summed E-state index contributed by atoms with van der Waals surface area (Å²) in [6, 6.07) is 22.0. The maximum absolute atomic E-state index is 12.9. The molecule has 0 aliphatic heterocycles. The van der Waals surface area contributed by atoms with Crippen molar-refractivity contribution in [2.24, 2.45) is 0 Å². The van der Waals surface area contributed by atoms with Gasteiger partial charge in [-0.05, 0) is 35.2 Å². The molecule has 0 fully saturated rings. The number of hydrogen-bond acceptors (Lipinski definition) is 3. The van der Waals surface area contributed by atoms with Gasteiger partial charge in [-0.15, -0.1) is 11.3 Å². The van der Waals surface area contributed by atoms with Gasteiger partial charge in [0.2, 0.25) is 0 Å². The summed E-state index contributed by atoms with van der Waals surface area (Å²) < 4.78 is 9.65. The zero-order valence-electron chi connectivity index (χ0n) is 15.1. The normalized spacial score (nSPS) is 11.3. The molecule has 5 aromatic rings. The number of nitrogens with zero attached hydrogens (tertiary/aromatic N) is 2. The minimum Gasteiger partial charge on any atom is -0.489 e. The smallest absolute Gasteiger partial charge is 0.275 e. The zero-order chi connectivity index (χ0) is 18.9. The van der Waals surface area contributed by atoms with E-state index >= 15 is 0 Å². The van der Waals surface area contributed by atoms with Gasteiger partial charge in [-0.25, -0.2) is 0 Å². The Labute approximate surface area is 165 Å². The molecule has 0 unspecified atom stereocenters. The molecule has 28 heavy (non-hydrogen) atoms. The first-order valence-corrected chi connectivity index (χ1v) is 9.99. The predicted octanol–water partition coefficient (Wildman–Crippen LogP) is 4.94. The molecule has 0 amide bonds. The number of benzene rings is 2. The highest BCUT2D eigenvalue weighted by atomic mass is 32.1. The maximum Gasteiger partial charge on any atom is 0.275 e. The Morgan fingerprint density at radius 1 is 0.893 bits per heavy atom. The number of thiophene rings is 1. The summed E-state index contributed by atoms with van der Waals surface area (Å²) in [6.45, 7) is 1.11. The van der Waals surface area contributed by atoms with Crippen LogP contribution in [0.4, 0.5) is 0 Å². The van der Waals surface area contributed by atoms with Gasteiger partial charge in [0, 0.05) is 28.7 Å². The molecule has 0 spiro atoms. The first-order chi connectivity index (χ1) is 13.8. The van der Waals surface area contributed by atoms with Crippen LogP contribution in [0.5, 0.6) is 5.75 Å². The van der Waals surface area contributed by atoms with Crippen LogP contribution in [-0.2, 0) is 13.2 Å². The van der Waals surface area contributed by atoms with Crippen LogP contribution in [-0.4, -0.2) is 8.97 Å². The summed E-state index contributed by atoms with van der Waals surface area (Å²) in [4.78, 5) is 14.1. The molecule has 0 aliphatic rings. The lowest BCUT2D eigenvalue weighted by Crippen LogP contribution is -2.21. The lowest BCUT2D eigenvalue weighted by atomic mass is 10.2. The molecule has 3 aromatic heterocycles. The number of fused-ring (bicyclic) bond motifs is 3. The van der Waals surface area contributed by atoms with E-state index in [0.717, 1.165) is 22.2 Å². The van der Waals surface area contributed by atoms with Gasteiger partial charge in [0.1, 0.15) is 17.9 Å². The molecule has 0 N–H and O–H groups in total. The van der Waals surface area contributed by atoms with Crippen LogP contribution in [0.3, 0.4) is 0 Å². The second-order valence-corrected chi connectivity index (χ2v) is 7.74. The average Bonchev–Trinajstić information content (AvgIpc) is 3.37. The van der Waals surface area contributed by atoms with Crippen LogP contribution in [0.1, 0.15) is 10.4 Å². The molecular formula is C23H18N2O2S. The second-order valence-electron chi connectivity index (χ2n) is 6.71. The summed E-state index contributed by atoms with van der Waals surface area (Å²) >= 11 is 1.66. The van der Waals surface area contributed by atoms with Gasteiger partial charge in [0.15, 0.2) is 0 Å². The number of rotatable bonds is 5. The molecule has 4 nitrogen and oxygen atoms in total. The van der Waals surface area contributed by atoms with E-state index in [4.69, 9.17) is 4.74 Å². The van der Waals surface area contributed by atoms with Crippen molar-refractivity contribution in [3.63, 3.8) is 0 Å². The molecule has 2 aromatic carbocycles. The van der Waals surface area contributed by atoms with Crippen molar-refractivity contribution >= 4 is 27.8 Å². The summed E-state index contributed by atoms with van der Waals surface area (Å²) in [5.74, 6) is 0.791. The molecule has 0 bridgehead atoms. The van der Waals surface area contributed by atoms with Gasteiger partial charge in [-0.2, -0.15) is 0 Å². The number of hydrogen-bond donors (Lipinski definition) is 0. The lowest BCUT2D eigenvalue weighted by Gasteiger charge is -2.07. The molecule has 3 heterocycles. The quantitative estimate of drug-likeness (QED) is 0.429. The molecule has 0 atom stereocenters. The molecule has 138 valence electrons. The van der Waals surface area contributed by atoms with Gasteiger partial charge in [0.25, 0.3) is 5.56 Å². The van der Waals surface area contributed by atoms with Crippen LogP contribution < -0.4 is 10.3 Å². The molecular weight excluding hydrogens is 368 g/mol. The van der Waals surface area contributed by atoms with Crippen molar-refractivity contribution in [3.8, 4) is 5.75 Å². The zero-order valence-corrected chi connectivity index (χ0v) is 15.9. The van der Waals surface area contributed by atoms with Gasteiger partial charge >= 0.3 is 0 Å². The van der Waals surface area contributed by atoms with E-state index in [1.165, 1.54) is 4.88 Å². The third-order valence-electron chi connectivity index (χ3n) is 4.84. The monoisotopic (exact) mass is 386 g/mol. The molecule has 5 rings (SSSR count). The summed E-state index contributed by atoms with van der Waals surface area (Å²) in [7, 11) is 0. The van der Waals surface area contributed by atoms with Crippen LogP contribution in [0, 0.1) is 0 Å². The lowest BCUT2D eigenvalue weighted by molar-refractivity contribution is 0.306. The summed E-state index contributed by atoms with van der Waals surface area (Å²) in [5, 5.41) is 3.06. The van der Waals surface area contributed by atoms with Crippen molar-refractivity contribution in [2.45, 2.75) is 13.2 Å². The molecule has 0 aliphatic carbocycles. The highest BCUT2D eigenvalue weighted by Crippen LogP contribution is 2.24. The Hall–Kier alpha value is -3.31. The fraction of sp³-hybridized carbons (Fsp3) is 0.0870. The fourth-order valence-corrected chi connectivity index (χ4v) is 4.12. The van der Waals surface area contributed by atoms with Crippen LogP contribution in [0.25, 0.3) is 16.4 Å². The SMILES string of the molecule is O=c1c2cc3ccc(OCc4ccccc4)cc3n2ccn1Cc1cccs1. The Morgan fingerprint density at radius 3 is 2.61 bits per heavy atom. The highest BCUT2D eigenvalue weighted by molar-refractivity contribution is 7.09. The van der Waals surface area contributed by atoms with Crippen molar-refractivity contribution in [1.82, 2.24) is 8.97 Å². The van der Waals surface area contributed by atoms with Crippen LogP contribution >= 0.6 is 11.3 Å². The van der Waals surface area contributed by atoms with Crippen molar-refractivity contribution in [1.29, 1.82) is 0 Å².